The van der Waals surface area contributed by atoms with E-state index in [0.717, 1.165) is 13.2 Å². The Balaban J connectivity index is 1.12. The molecule has 0 bridgehead atoms. The summed E-state index contributed by atoms with van der Waals surface area (Å²) in [6.45, 7) is 1.44. The molecule has 3 aromatic rings. The van der Waals surface area contributed by atoms with Crippen molar-refractivity contribution in [2.75, 3.05) is 51.4 Å². The van der Waals surface area contributed by atoms with Crippen LogP contribution in [0.5, 0.6) is 0 Å². The van der Waals surface area contributed by atoms with E-state index in [2.05, 4.69) is 5.32 Å². The number of fused-ring (bicyclic) bond motifs is 2. The van der Waals surface area contributed by atoms with Crippen LogP contribution in [0.2, 0.25) is 0 Å². The maximum atomic E-state index is 15.3. The first-order valence-corrected chi connectivity index (χ1v) is 16.6. The van der Waals surface area contributed by atoms with Crippen molar-refractivity contribution in [3.05, 3.63) is 87.1 Å². The molecule has 54 heavy (non-hydrogen) atoms. The molecule has 4 N–H and O–H groups in total. The maximum Gasteiger partial charge on any atom is 0.410 e. The summed E-state index contributed by atoms with van der Waals surface area (Å²) in [5.41, 5.74) is -3.58. The van der Waals surface area contributed by atoms with Crippen LogP contribution >= 0.6 is 0 Å². The second-order valence-corrected chi connectivity index (χ2v) is 12.5. The molecule has 0 spiro atoms. The van der Waals surface area contributed by atoms with Gasteiger partial charge >= 0.3 is 24.0 Å². The molecule has 18 nitrogen and oxygen atoms in total. The number of β-lactam (4-membered cyclic amide) rings is 1. The summed E-state index contributed by atoms with van der Waals surface area (Å²) in [5, 5.41) is 31.4. The van der Waals surface area contributed by atoms with E-state index >= 15 is 4.39 Å². The van der Waals surface area contributed by atoms with Gasteiger partial charge in [-0.25, -0.2) is 18.8 Å². The van der Waals surface area contributed by atoms with Crippen LogP contribution in [-0.4, -0.2) is 124 Å². The molecule has 3 amide bonds. The summed E-state index contributed by atoms with van der Waals surface area (Å²) >= 11 is 0. The Morgan fingerprint density at radius 2 is 1.70 bits per heavy atom. The van der Waals surface area contributed by atoms with Gasteiger partial charge in [-0.2, -0.15) is 0 Å². The molecule has 2 aromatic carbocycles. The number of halogens is 1. The molecule has 3 aliphatic heterocycles. The molecule has 4 heterocycles. The summed E-state index contributed by atoms with van der Waals surface area (Å²) in [4.78, 5) is 92.1. The van der Waals surface area contributed by atoms with Crippen molar-refractivity contribution in [2.24, 2.45) is 0 Å². The number of carbonyl (C=O) groups excluding carboxylic acids is 3. The first-order valence-electron chi connectivity index (χ1n) is 16.6. The van der Waals surface area contributed by atoms with Gasteiger partial charge in [0.1, 0.15) is 23.7 Å². The number of anilines is 1. The topological polar surface area (TPSA) is 235 Å². The van der Waals surface area contributed by atoms with Gasteiger partial charge in [0.2, 0.25) is 11.3 Å². The minimum absolute atomic E-state index is 0.0687. The van der Waals surface area contributed by atoms with Crippen LogP contribution < -0.4 is 15.6 Å². The maximum absolute atomic E-state index is 15.3. The number of ether oxygens (including phenoxy) is 3. The van der Waals surface area contributed by atoms with Crippen molar-refractivity contribution < 1.29 is 62.7 Å². The largest absolute Gasteiger partial charge is 0.480 e. The summed E-state index contributed by atoms with van der Waals surface area (Å²) in [6, 6.07) is 9.98. The highest BCUT2D eigenvalue weighted by atomic mass is 19.1. The number of aromatic carboxylic acids is 1. The second-order valence-electron chi connectivity index (χ2n) is 12.5. The van der Waals surface area contributed by atoms with E-state index in [-0.39, 0.29) is 48.4 Å². The SMILES string of the molecule is CCn1cc(C(=O)O)c(=O)c2cc(F)c(N3CCN(C(=O)OCC4=C(C(=O)O)N5C(=O)C(NC(=O)C(C(=O)O)c6ccccc6)(OC)[C@H]5OC4)CC3)cc21. The van der Waals surface area contributed by atoms with Gasteiger partial charge in [0.25, 0.3) is 11.6 Å². The average molecular weight is 752 g/mol. The molecule has 0 saturated carbocycles. The van der Waals surface area contributed by atoms with E-state index in [0.29, 0.717) is 17.0 Å². The number of aryl methyl sites for hydroxylation is 1. The molecule has 19 heteroatoms. The van der Waals surface area contributed by atoms with E-state index in [1.165, 1.54) is 46.0 Å². The number of piperazine rings is 1. The molecule has 0 radical (unpaired) electrons. The van der Waals surface area contributed by atoms with Gasteiger partial charge in [-0.15, -0.1) is 0 Å². The van der Waals surface area contributed by atoms with Crippen molar-refractivity contribution in [3.63, 3.8) is 0 Å². The molecule has 284 valence electrons. The fraction of sp³-hybridized carbons (Fsp3) is 0.343. The number of carboxylic acid groups (broad SMARTS) is 3. The third-order valence-corrected chi connectivity index (χ3v) is 9.55. The lowest BCUT2D eigenvalue weighted by Crippen LogP contribution is -2.82. The Bertz CT molecular complexity index is 2170. The zero-order chi connectivity index (χ0) is 39.1. The summed E-state index contributed by atoms with van der Waals surface area (Å²) in [5.74, 6) is -9.13. The Morgan fingerprint density at radius 3 is 2.30 bits per heavy atom. The molecule has 2 unspecified atom stereocenters. The van der Waals surface area contributed by atoms with Crippen molar-refractivity contribution in [1.82, 2.24) is 19.7 Å². The number of methoxy groups -OCH3 is 1. The summed E-state index contributed by atoms with van der Waals surface area (Å²) < 4.78 is 33.3. The van der Waals surface area contributed by atoms with Crippen LogP contribution in [0, 0.1) is 5.82 Å². The van der Waals surface area contributed by atoms with Gasteiger partial charge in [0.15, 0.2) is 12.1 Å². The fourth-order valence-electron chi connectivity index (χ4n) is 6.79. The highest BCUT2D eigenvalue weighted by molar-refractivity contribution is 6.07. The predicted molar refractivity (Wildman–Crippen MR) is 182 cm³/mol. The van der Waals surface area contributed by atoms with Crippen LogP contribution in [0.4, 0.5) is 14.9 Å². The third-order valence-electron chi connectivity index (χ3n) is 9.55. The predicted octanol–water partition coefficient (Wildman–Crippen LogP) is 0.982. The summed E-state index contributed by atoms with van der Waals surface area (Å²) in [7, 11) is 1.06. The number of hydrogen-bond donors (Lipinski definition) is 4. The lowest BCUT2D eigenvalue weighted by atomic mass is 9.92. The average Bonchev–Trinajstić information content (AvgIpc) is 3.15. The first kappa shape index (κ1) is 37.4. The van der Waals surface area contributed by atoms with Gasteiger partial charge in [-0.3, -0.25) is 24.1 Å². The van der Waals surface area contributed by atoms with E-state index < -0.39 is 89.4 Å². The lowest BCUT2D eigenvalue weighted by Gasteiger charge is -2.55. The Morgan fingerprint density at radius 1 is 1.02 bits per heavy atom. The number of rotatable bonds is 11. The molecule has 0 aliphatic carbocycles. The number of amides is 3. The third kappa shape index (κ3) is 6.36. The number of aromatic nitrogens is 1. The minimum atomic E-state index is -2.25. The molecule has 3 aliphatic rings. The van der Waals surface area contributed by atoms with Crippen molar-refractivity contribution in [3.8, 4) is 0 Å². The van der Waals surface area contributed by atoms with Crippen molar-refractivity contribution in [1.29, 1.82) is 0 Å². The smallest absolute Gasteiger partial charge is 0.410 e. The minimum Gasteiger partial charge on any atom is -0.480 e. The van der Waals surface area contributed by atoms with Crippen LogP contribution in [-0.2, 0) is 39.9 Å². The van der Waals surface area contributed by atoms with Gasteiger partial charge in [-0.1, -0.05) is 30.3 Å². The zero-order valence-corrected chi connectivity index (χ0v) is 28.8. The van der Waals surface area contributed by atoms with E-state index in [4.69, 9.17) is 14.2 Å². The number of carbonyl (C=O) groups is 6. The van der Waals surface area contributed by atoms with E-state index in [1.807, 2.05) is 0 Å². The van der Waals surface area contributed by atoms with Gasteiger partial charge in [0, 0.05) is 57.0 Å². The van der Waals surface area contributed by atoms with Crippen LogP contribution in [0.25, 0.3) is 10.9 Å². The molecule has 2 saturated heterocycles. The van der Waals surface area contributed by atoms with Crippen LogP contribution in [0.3, 0.4) is 0 Å². The van der Waals surface area contributed by atoms with Crippen molar-refractivity contribution in [2.45, 2.75) is 31.3 Å². The number of aliphatic carboxylic acids is 2. The van der Waals surface area contributed by atoms with Crippen LogP contribution in [0.15, 0.2) is 64.7 Å². The van der Waals surface area contributed by atoms with Crippen LogP contribution in [0.1, 0.15) is 28.8 Å². The molecule has 2 fully saturated rings. The quantitative estimate of drug-likeness (QED) is 0.122. The Hall–Kier alpha value is -6.34. The fourth-order valence-corrected chi connectivity index (χ4v) is 6.79. The molecule has 1 aromatic heterocycles. The second kappa shape index (κ2) is 14.6. The lowest BCUT2D eigenvalue weighted by molar-refractivity contribution is -0.258. The van der Waals surface area contributed by atoms with E-state index in [1.54, 1.807) is 17.9 Å². The van der Waals surface area contributed by atoms with Gasteiger partial charge < -0.3 is 49.2 Å². The summed E-state index contributed by atoms with van der Waals surface area (Å²) in [6.07, 6.45) is -1.12. The molecular formula is C35H34FN5O13. The Kier molecular flexibility index (Phi) is 10.1. The number of nitrogens with zero attached hydrogens (tertiary/aromatic N) is 4. The molecule has 6 rings (SSSR count). The van der Waals surface area contributed by atoms with Gasteiger partial charge in [0.05, 0.1) is 17.8 Å². The zero-order valence-electron chi connectivity index (χ0n) is 28.8. The van der Waals surface area contributed by atoms with Crippen molar-refractivity contribution >= 4 is 52.4 Å². The number of benzene rings is 2. The number of nitrogens with one attached hydrogen (secondary N) is 1. The normalized spacial score (nSPS) is 20.2. The monoisotopic (exact) mass is 751 g/mol. The number of carboxylic acids is 3. The molecule has 3 atom stereocenters. The molecular weight excluding hydrogens is 717 g/mol. The number of pyridine rings is 1. The standard InChI is InChI=1S/C35H34FN5O13/c1-3-38-15-21(29(44)45)27(42)20-13-22(36)24(14-23(20)38)39-9-11-40(12-10-39)34(51)54-17-19-16-53-33-35(52-2,32(50)41(33)26(19)31(48)49)37-28(43)25(30(46)47)18-7-5-4-6-8-18/h4-8,13-15,25,33H,3,9-12,16-17H2,1-2H3,(H,37,43)(H,44,45)(H,46,47)(H,48,49)/t25?,33-,35?/m1/s1. The number of hydrogen-bond acceptors (Lipinski definition) is 11. The van der Waals surface area contributed by atoms with Gasteiger partial charge in [-0.05, 0) is 24.6 Å². The highest BCUT2D eigenvalue weighted by Gasteiger charge is 2.68. The highest BCUT2D eigenvalue weighted by Crippen LogP contribution is 2.41. The first-order chi connectivity index (χ1) is 25.7. The van der Waals surface area contributed by atoms with E-state index in [9.17, 15) is 48.9 Å². The Labute approximate surface area is 304 Å².